The van der Waals surface area contributed by atoms with E-state index in [0.717, 1.165) is 4.47 Å². The second-order valence-electron chi connectivity index (χ2n) is 4.13. The van der Waals surface area contributed by atoms with E-state index in [2.05, 4.69) is 15.9 Å². The minimum atomic E-state index is -0.643. The van der Waals surface area contributed by atoms with Crippen molar-refractivity contribution in [3.8, 4) is 5.69 Å². The predicted molar refractivity (Wildman–Crippen MR) is 80.3 cm³/mol. The summed E-state index contributed by atoms with van der Waals surface area (Å²) in [7, 11) is 0. The molecule has 2 aromatic carbocycles. The van der Waals surface area contributed by atoms with Gasteiger partial charge in [-0.1, -0.05) is 34.2 Å². The maximum Gasteiger partial charge on any atom is 0.425 e. The maximum atomic E-state index is 13.3. The number of fused-ring (bicyclic) bond motifs is 1. The Morgan fingerprint density at radius 3 is 2.75 bits per heavy atom. The highest BCUT2D eigenvalue weighted by Gasteiger charge is 2.09. The SMILES string of the molecule is O=c1oc2ccc(Br)cc2c(=S)n1-c1cccc(F)c1. The zero-order valence-corrected chi connectivity index (χ0v) is 12.4. The molecule has 0 spiro atoms. The van der Waals surface area contributed by atoms with Crippen LogP contribution < -0.4 is 5.76 Å². The molecule has 0 aliphatic heterocycles. The van der Waals surface area contributed by atoms with Gasteiger partial charge in [0.05, 0.1) is 11.1 Å². The molecule has 0 amide bonds. The van der Waals surface area contributed by atoms with Crippen molar-refractivity contribution in [3.63, 3.8) is 0 Å². The normalized spacial score (nSPS) is 10.9. The first-order valence-corrected chi connectivity index (χ1v) is 6.88. The number of aromatic nitrogens is 1. The largest absolute Gasteiger partial charge is 0.425 e. The molecule has 0 saturated carbocycles. The zero-order chi connectivity index (χ0) is 14.3. The molecule has 6 heteroatoms. The van der Waals surface area contributed by atoms with Gasteiger partial charge in [0.1, 0.15) is 16.0 Å². The minimum absolute atomic E-state index is 0.281. The topological polar surface area (TPSA) is 35.1 Å². The van der Waals surface area contributed by atoms with Crippen LogP contribution in [0.15, 0.2) is 56.1 Å². The standard InChI is InChI=1S/C14H7BrFNO2S/c15-8-4-5-12-11(6-8)13(20)17(14(18)19-12)10-3-1-2-9(16)7-10/h1-7H. The fourth-order valence-electron chi connectivity index (χ4n) is 1.94. The minimum Gasteiger partial charge on any atom is -0.409 e. The van der Waals surface area contributed by atoms with Gasteiger partial charge in [0.2, 0.25) is 0 Å². The summed E-state index contributed by atoms with van der Waals surface area (Å²) in [5, 5.41) is 0.609. The molecule has 3 rings (SSSR count). The Morgan fingerprint density at radius 2 is 2.00 bits per heavy atom. The van der Waals surface area contributed by atoms with Crippen molar-refractivity contribution in [2.75, 3.05) is 0 Å². The second kappa shape index (κ2) is 4.96. The molecule has 1 aromatic heterocycles. The molecule has 0 aliphatic carbocycles. The van der Waals surface area contributed by atoms with Crippen LogP contribution >= 0.6 is 28.1 Å². The molecule has 0 aliphatic rings. The van der Waals surface area contributed by atoms with Crippen molar-refractivity contribution in [3.05, 3.63) is 67.9 Å². The molecule has 3 aromatic rings. The molecular weight excluding hydrogens is 345 g/mol. The summed E-state index contributed by atoms with van der Waals surface area (Å²) < 4.78 is 20.8. The van der Waals surface area contributed by atoms with Crippen LogP contribution in [0.2, 0.25) is 0 Å². The summed E-state index contributed by atoms with van der Waals surface area (Å²) in [4.78, 5) is 12.0. The second-order valence-corrected chi connectivity index (χ2v) is 5.43. The first kappa shape index (κ1) is 13.2. The highest BCUT2D eigenvalue weighted by Crippen LogP contribution is 2.21. The molecule has 3 nitrogen and oxygen atoms in total. The molecule has 0 fully saturated rings. The molecule has 0 atom stereocenters. The summed E-state index contributed by atoms with van der Waals surface area (Å²) in [5.74, 6) is -1.09. The number of hydrogen-bond donors (Lipinski definition) is 0. The molecule has 100 valence electrons. The van der Waals surface area contributed by atoms with Crippen molar-refractivity contribution < 1.29 is 8.81 Å². The Morgan fingerprint density at radius 1 is 1.20 bits per heavy atom. The van der Waals surface area contributed by atoms with Gasteiger partial charge in [0, 0.05) is 4.47 Å². The lowest BCUT2D eigenvalue weighted by Gasteiger charge is -2.07. The first-order valence-electron chi connectivity index (χ1n) is 5.67. The Hall–Kier alpha value is -1.79. The predicted octanol–water partition coefficient (Wildman–Crippen LogP) is 4.21. The van der Waals surface area contributed by atoms with Gasteiger partial charge in [-0.25, -0.2) is 13.8 Å². The van der Waals surface area contributed by atoms with Gasteiger partial charge in [0.15, 0.2) is 0 Å². The molecule has 1 heterocycles. The van der Waals surface area contributed by atoms with E-state index in [9.17, 15) is 9.18 Å². The summed E-state index contributed by atoms with van der Waals surface area (Å²) in [6, 6.07) is 10.8. The van der Waals surface area contributed by atoms with Crippen molar-refractivity contribution in [1.29, 1.82) is 0 Å². The summed E-state index contributed by atoms with van der Waals surface area (Å²) in [5.41, 5.74) is 0.737. The van der Waals surface area contributed by atoms with Gasteiger partial charge >= 0.3 is 5.76 Å². The average Bonchev–Trinajstić information content (AvgIpc) is 2.40. The van der Waals surface area contributed by atoms with Crippen molar-refractivity contribution in [1.82, 2.24) is 4.57 Å². The molecular formula is C14H7BrFNO2S. The van der Waals surface area contributed by atoms with Crippen LogP contribution in [0.1, 0.15) is 0 Å². The van der Waals surface area contributed by atoms with Gasteiger partial charge < -0.3 is 4.42 Å². The van der Waals surface area contributed by atoms with Crippen LogP contribution in [0.4, 0.5) is 4.39 Å². The summed E-state index contributed by atoms with van der Waals surface area (Å²) >= 11 is 8.67. The number of halogens is 2. The molecule has 0 radical (unpaired) electrons. The third-order valence-corrected chi connectivity index (χ3v) is 3.72. The smallest absolute Gasteiger partial charge is 0.409 e. The van der Waals surface area contributed by atoms with E-state index >= 15 is 0 Å². The molecule has 20 heavy (non-hydrogen) atoms. The van der Waals surface area contributed by atoms with E-state index in [0.29, 0.717) is 16.7 Å². The van der Waals surface area contributed by atoms with Crippen molar-refractivity contribution >= 4 is 39.1 Å². The Labute approximate surface area is 126 Å². The lowest BCUT2D eigenvalue weighted by Crippen LogP contribution is -2.18. The molecule has 0 unspecified atom stereocenters. The van der Waals surface area contributed by atoms with Crippen LogP contribution in [-0.2, 0) is 0 Å². The van der Waals surface area contributed by atoms with E-state index < -0.39 is 11.6 Å². The van der Waals surface area contributed by atoms with E-state index in [1.54, 1.807) is 24.3 Å². The molecule has 0 saturated heterocycles. The Bertz CT molecular complexity index is 932. The molecule has 0 bridgehead atoms. The van der Waals surface area contributed by atoms with Crippen LogP contribution in [0.3, 0.4) is 0 Å². The monoisotopic (exact) mass is 351 g/mol. The number of nitrogens with zero attached hydrogens (tertiary/aromatic N) is 1. The van der Waals surface area contributed by atoms with E-state index in [1.165, 1.54) is 22.8 Å². The maximum absolute atomic E-state index is 13.3. The van der Waals surface area contributed by atoms with Crippen LogP contribution in [-0.4, -0.2) is 4.57 Å². The summed E-state index contributed by atoms with van der Waals surface area (Å²) in [6.45, 7) is 0. The van der Waals surface area contributed by atoms with Crippen LogP contribution in [0.25, 0.3) is 16.7 Å². The van der Waals surface area contributed by atoms with Gasteiger partial charge in [-0.05, 0) is 36.4 Å². The number of benzene rings is 2. The van der Waals surface area contributed by atoms with Gasteiger partial charge in [0.25, 0.3) is 0 Å². The van der Waals surface area contributed by atoms with Crippen LogP contribution in [0, 0.1) is 10.5 Å². The van der Waals surface area contributed by atoms with Gasteiger partial charge in [-0.15, -0.1) is 0 Å². The fourth-order valence-corrected chi connectivity index (χ4v) is 2.64. The lowest BCUT2D eigenvalue weighted by molar-refractivity contribution is 0.506. The van der Waals surface area contributed by atoms with Crippen molar-refractivity contribution in [2.24, 2.45) is 0 Å². The van der Waals surface area contributed by atoms with Gasteiger partial charge in [-0.2, -0.15) is 0 Å². The first-order chi connectivity index (χ1) is 9.56. The lowest BCUT2D eigenvalue weighted by atomic mass is 10.2. The quantitative estimate of drug-likeness (QED) is 0.616. The number of hydrogen-bond acceptors (Lipinski definition) is 3. The third-order valence-electron chi connectivity index (χ3n) is 2.82. The Kier molecular flexibility index (Phi) is 3.27. The molecule has 0 N–H and O–H groups in total. The fraction of sp³-hybridized carbons (Fsp3) is 0. The highest BCUT2D eigenvalue weighted by molar-refractivity contribution is 9.10. The average molecular weight is 352 g/mol. The highest BCUT2D eigenvalue weighted by atomic mass is 79.9. The van der Waals surface area contributed by atoms with E-state index in [1.807, 2.05) is 0 Å². The van der Waals surface area contributed by atoms with E-state index in [-0.39, 0.29) is 4.64 Å². The van der Waals surface area contributed by atoms with Gasteiger partial charge in [-0.3, -0.25) is 0 Å². The zero-order valence-electron chi connectivity index (χ0n) is 9.97. The van der Waals surface area contributed by atoms with Crippen molar-refractivity contribution in [2.45, 2.75) is 0 Å². The Balaban J connectivity index is 2.42. The summed E-state index contributed by atoms with van der Waals surface area (Å²) in [6.07, 6.45) is 0. The van der Waals surface area contributed by atoms with E-state index in [4.69, 9.17) is 16.6 Å². The number of rotatable bonds is 1. The van der Waals surface area contributed by atoms with Crippen LogP contribution in [0.5, 0.6) is 0 Å². The third kappa shape index (κ3) is 2.21.